The molecule has 0 unspecified atom stereocenters. The van der Waals surface area contributed by atoms with Crippen LogP contribution in [0.1, 0.15) is 22.0 Å². The van der Waals surface area contributed by atoms with Crippen molar-refractivity contribution in [1.82, 2.24) is 0 Å². The van der Waals surface area contributed by atoms with Crippen molar-refractivity contribution in [2.75, 3.05) is 0 Å². The van der Waals surface area contributed by atoms with Crippen molar-refractivity contribution in [3.8, 4) is 0 Å². The fraction of sp³-hybridized carbons (Fsp3) is 0.105. The topological polar surface area (TPSA) is 29.6 Å². The first-order valence-electron chi connectivity index (χ1n) is 7.06. The molecule has 2 nitrogen and oxygen atoms in total. The van der Waals surface area contributed by atoms with Gasteiger partial charge < -0.3 is 4.74 Å². The molecule has 0 aliphatic carbocycles. The predicted octanol–water partition coefficient (Wildman–Crippen LogP) is 4.16. The molecule has 0 aromatic heterocycles. The lowest BCUT2D eigenvalue weighted by Gasteiger charge is -2.01. The zero-order valence-corrected chi connectivity index (χ0v) is 11.4. The van der Waals surface area contributed by atoms with Gasteiger partial charge in [-0.1, -0.05) is 66.7 Å². The first-order valence-corrected chi connectivity index (χ1v) is 7.06. The van der Waals surface area contributed by atoms with Crippen LogP contribution in [0, 0.1) is 0 Å². The van der Waals surface area contributed by atoms with E-state index >= 15 is 0 Å². The van der Waals surface area contributed by atoms with Gasteiger partial charge in [0.05, 0.1) is 0 Å². The molecular weight excluding hydrogens is 260 g/mol. The van der Waals surface area contributed by atoms with Gasteiger partial charge in [-0.15, -0.1) is 0 Å². The number of ketones is 1. The second-order valence-corrected chi connectivity index (χ2v) is 5.31. The molecule has 2 heteroatoms. The Hall–Kier alpha value is -2.45. The molecule has 0 N–H and O–H groups in total. The van der Waals surface area contributed by atoms with Gasteiger partial charge in [-0.2, -0.15) is 0 Å². The molecule has 0 amide bonds. The standard InChI is InChI=1S/C19H14O2/c20-17(19-18(21-19)14-7-2-1-3-8-14)16-11-10-13-6-4-5-9-15(13)12-16/h1-12,18-19H/t18-,19+/m0/s1. The average molecular weight is 274 g/mol. The zero-order valence-electron chi connectivity index (χ0n) is 11.4. The van der Waals surface area contributed by atoms with Gasteiger partial charge in [0, 0.05) is 5.56 Å². The fourth-order valence-electron chi connectivity index (χ4n) is 2.71. The SMILES string of the molecule is O=C(c1ccc2ccccc2c1)[C@H]1O[C@H]1c1ccccc1. The van der Waals surface area contributed by atoms with Crippen LogP contribution in [0.3, 0.4) is 0 Å². The van der Waals surface area contributed by atoms with Crippen molar-refractivity contribution in [2.45, 2.75) is 12.2 Å². The summed E-state index contributed by atoms with van der Waals surface area (Å²) in [4.78, 5) is 12.5. The zero-order chi connectivity index (χ0) is 14.2. The Labute approximate surface area is 123 Å². The summed E-state index contributed by atoms with van der Waals surface area (Å²) in [5.41, 5.74) is 1.79. The summed E-state index contributed by atoms with van der Waals surface area (Å²) in [6, 6.07) is 23.8. The first-order chi connectivity index (χ1) is 10.3. The lowest BCUT2D eigenvalue weighted by atomic mass is 10.00. The lowest BCUT2D eigenvalue weighted by Crippen LogP contribution is -2.08. The normalized spacial score (nSPS) is 20.4. The summed E-state index contributed by atoms with van der Waals surface area (Å²) in [6.07, 6.45) is -0.432. The van der Waals surface area contributed by atoms with Crippen LogP contribution >= 0.6 is 0 Å². The van der Waals surface area contributed by atoms with Gasteiger partial charge in [-0.05, 0) is 22.4 Å². The molecule has 3 aromatic rings. The third-order valence-corrected chi connectivity index (χ3v) is 3.91. The summed E-state index contributed by atoms with van der Waals surface area (Å²) >= 11 is 0. The predicted molar refractivity (Wildman–Crippen MR) is 82.3 cm³/mol. The molecule has 21 heavy (non-hydrogen) atoms. The highest BCUT2D eigenvalue weighted by atomic mass is 16.6. The Morgan fingerprint density at radius 1 is 0.810 bits per heavy atom. The number of ether oxygens (including phenoxy) is 1. The molecule has 0 spiro atoms. The Balaban J connectivity index is 1.60. The maximum Gasteiger partial charge on any atom is 0.194 e. The fourth-order valence-corrected chi connectivity index (χ4v) is 2.71. The van der Waals surface area contributed by atoms with Crippen LogP contribution in [-0.2, 0) is 4.74 Å². The van der Waals surface area contributed by atoms with E-state index in [1.165, 1.54) is 0 Å². The number of hydrogen-bond acceptors (Lipinski definition) is 2. The molecule has 3 aromatic carbocycles. The van der Waals surface area contributed by atoms with Crippen LogP contribution < -0.4 is 0 Å². The Morgan fingerprint density at radius 2 is 1.52 bits per heavy atom. The number of epoxide rings is 1. The molecule has 0 bridgehead atoms. The van der Waals surface area contributed by atoms with Crippen molar-refractivity contribution in [3.05, 3.63) is 83.9 Å². The summed E-state index contributed by atoms with van der Waals surface area (Å²) in [6.45, 7) is 0. The van der Waals surface area contributed by atoms with Crippen LogP contribution in [0.15, 0.2) is 72.8 Å². The minimum atomic E-state index is -0.339. The molecule has 0 radical (unpaired) electrons. The van der Waals surface area contributed by atoms with Gasteiger partial charge in [0.15, 0.2) is 11.9 Å². The molecule has 102 valence electrons. The third-order valence-electron chi connectivity index (χ3n) is 3.91. The summed E-state index contributed by atoms with van der Waals surface area (Å²) in [5, 5.41) is 2.23. The monoisotopic (exact) mass is 274 g/mol. The number of hydrogen-bond donors (Lipinski definition) is 0. The molecule has 1 heterocycles. The van der Waals surface area contributed by atoms with Crippen LogP contribution in [0.5, 0.6) is 0 Å². The van der Waals surface area contributed by atoms with Crippen molar-refractivity contribution in [3.63, 3.8) is 0 Å². The van der Waals surface area contributed by atoms with E-state index in [0.29, 0.717) is 0 Å². The van der Waals surface area contributed by atoms with E-state index in [9.17, 15) is 4.79 Å². The molecule has 0 saturated carbocycles. The Kier molecular flexibility index (Phi) is 2.83. The third kappa shape index (κ3) is 2.24. The van der Waals surface area contributed by atoms with Gasteiger partial charge in [0.2, 0.25) is 0 Å². The first kappa shape index (κ1) is 12.3. The molecule has 4 rings (SSSR count). The minimum absolute atomic E-state index is 0.0645. The second kappa shape index (κ2) is 4.83. The Bertz CT molecular complexity index is 808. The minimum Gasteiger partial charge on any atom is -0.356 e. The van der Waals surface area contributed by atoms with Crippen molar-refractivity contribution in [2.24, 2.45) is 0 Å². The van der Waals surface area contributed by atoms with Gasteiger partial charge in [-0.3, -0.25) is 4.79 Å². The smallest absolute Gasteiger partial charge is 0.194 e. The summed E-state index contributed by atoms with van der Waals surface area (Å²) in [7, 11) is 0. The molecule has 1 aliphatic heterocycles. The number of rotatable bonds is 3. The lowest BCUT2D eigenvalue weighted by molar-refractivity contribution is 0.0954. The van der Waals surface area contributed by atoms with E-state index in [4.69, 9.17) is 4.74 Å². The van der Waals surface area contributed by atoms with E-state index in [1.807, 2.05) is 72.8 Å². The molecule has 1 saturated heterocycles. The van der Waals surface area contributed by atoms with Crippen LogP contribution in [-0.4, -0.2) is 11.9 Å². The summed E-state index contributed by atoms with van der Waals surface area (Å²) < 4.78 is 5.58. The maximum absolute atomic E-state index is 12.5. The van der Waals surface area contributed by atoms with Crippen LogP contribution in [0.25, 0.3) is 10.8 Å². The highest BCUT2D eigenvalue weighted by Gasteiger charge is 2.46. The molecule has 1 fully saturated rings. The highest BCUT2D eigenvalue weighted by Crippen LogP contribution is 2.40. The number of benzene rings is 3. The van der Waals surface area contributed by atoms with E-state index < -0.39 is 0 Å². The maximum atomic E-state index is 12.5. The van der Waals surface area contributed by atoms with Crippen LogP contribution in [0.4, 0.5) is 0 Å². The van der Waals surface area contributed by atoms with Gasteiger partial charge in [0.1, 0.15) is 6.10 Å². The van der Waals surface area contributed by atoms with E-state index in [1.54, 1.807) is 0 Å². The van der Waals surface area contributed by atoms with Crippen LogP contribution in [0.2, 0.25) is 0 Å². The van der Waals surface area contributed by atoms with Crippen molar-refractivity contribution >= 4 is 16.6 Å². The van der Waals surface area contributed by atoms with E-state index in [-0.39, 0.29) is 18.0 Å². The number of fused-ring (bicyclic) bond motifs is 1. The quantitative estimate of drug-likeness (QED) is 0.530. The van der Waals surface area contributed by atoms with Gasteiger partial charge >= 0.3 is 0 Å². The van der Waals surface area contributed by atoms with E-state index in [2.05, 4.69) is 0 Å². The van der Waals surface area contributed by atoms with E-state index in [0.717, 1.165) is 21.9 Å². The largest absolute Gasteiger partial charge is 0.356 e. The van der Waals surface area contributed by atoms with Gasteiger partial charge in [-0.25, -0.2) is 0 Å². The van der Waals surface area contributed by atoms with Gasteiger partial charge in [0.25, 0.3) is 0 Å². The Morgan fingerprint density at radius 3 is 2.33 bits per heavy atom. The number of Topliss-reactive ketones (excluding diaryl/α,β-unsaturated/α-hetero) is 1. The summed E-state index contributed by atoms with van der Waals surface area (Å²) in [5.74, 6) is 0.0645. The second-order valence-electron chi connectivity index (χ2n) is 5.31. The molecule has 2 atom stereocenters. The highest BCUT2D eigenvalue weighted by molar-refractivity contribution is 6.04. The van der Waals surface area contributed by atoms with Crippen molar-refractivity contribution in [1.29, 1.82) is 0 Å². The number of carbonyl (C=O) groups is 1. The molecular formula is C19H14O2. The average Bonchev–Trinajstić information content (AvgIpc) is 3.35. The van der Waals surface area contributed by atoms with Crippen molar-refractivity contribution < 1.29 is 9.53 Å². The number of carbonyl (C=O) groups excluding carboxylic acids is 1. The molecule has 1 aliphatic rings.